The second-order valence-electron chi connectivity index (χ2n) is 7.96. The minimum absolute atomic E-state index is 0.192. The zero-order chi connectivity index (χ0) is 23.4. The lowest BCUT2D eigenvalue weighted by molar-refractivity contribution is 0.326. The zero-order valence-electron chi connectivity index (χ0n) is 18.4. The third-order valence-electron chi connectivity index (χ3n) is 5.72. The van der Waals surface area contributed by atoms with Crippen molar-refractivity contribution in [3.8, 4) is 11.5 Å². The molecule has 0 bridgehead atoms. The van der Waals surface area contributed by atoms with Crippen LogP contribution in [0, 0.1) is 0 Å². The average Bonchev–Trinajstić information content (AvgIpc) is 2.83. The normalized spacial score (nSPS) is 14.6. The molecule has 0 unspecified atom stereocenters. The highest BCUT2D eigenvalue weighted by atomic mass is 79.9. The van der Waals surface area contributed by atoms with Crippen molar-refractivity contribution in [3.63, 3.8) is 0 Å². The van der Waals surface area contributed by atoms with Crippen LogP contribution in [0.4, 0.5) is 0 Å². The summed E-state index contributed by atoms with van der Waals surface area (Å²) in [4.78, 5) is 18.3. The van der Waals surface area contributed by atoms with Crippen LogP contribution in [0.3, 0.4) is 0 Å². The number of fused-ring (bicyclic) bond motifs is 1. The van der Waals surface area contributed by atoms with Gasteiger partial charge in [-0.3, -0.25) is 4.79 Å². The molecule has 0 saturated heterocycles. The Morgan fingerprint density at radius 2 is 2.06 bits per heavy atom. The van der Waals surface area contributed by atoms with E-state index in [9.17, 15) is 4.79 Å². The molecule has 2 aromatic carbocycles. The number of aromatic nitrogens is 2. The Morgan fingerprint density at radius 3 is 2.79 bits per heavy atom. The molecule has 0 aliphatic heterocycles. The van der Waals surface area contributed by atoms with E-state index in [1.165, 1.54) is 11.1 Å². The first kappa shape index (κ1) is 23.5. The lowest BCUT2D eigenvalue weighted by Gasteiger charge is -2.22. The predicted octanol–water partition coefficient (Wildman–Crippen LogP) is 6.32. The van der Waals surface area contributed by atoms with E-state index in [-0.39, 0.29) is 11.5 Å². The molecule has 8 heteroatoms. The van der Waals surface area contributed by atoms with E-state index in [0.717, 1.165) is 30.2 Å². The van der Waals surface area contributed by atoms with Gasteiger partial charge in [0.2, 0.25) is 0 Å². The van der Waals surface area contributed by atoms with Crippen LogP contribution >= 0.6 is 27.5 Å². The fourth-order valence-corrected chi connectivity index (χ4v) is 4.76. The number of hydrogen-bond acceptors (Lipinski definition) is 5. The van der Waals surface area contributed by atoms with E-state index in [2.05, 4.69) is 27.6 Å². The number of nitrogens with zero attached hydrogens (tertiary/aromatic N) is 3. The van der Waals surface area contributed by atoms with E-state index >= 15 is 0 Å². The summed E-state index contributed by atoms with van der Waals surface area (Å²) in [5, 5.41) is 5.47. The van der Waals surface area contributed by atoms with Gasteiger partial charge >= 0.3 is 0 Å². The Hall–Kier alpha value is -2.64. The van der Waals surface area contributed by atoms with Crippen molar-refractivity contribution in [1.29, 1.82) is 0 Å². The van der Waals surface area contributed by atoms with Crippen molar-refractivity contribution in [2.75, 3.05) is 13.7 Å². The lowest BCUT2D eigenvalue weighted by atomic mass is 9.88. The summed E-state index contributed by atoms with van der Waals surface area (Å²) in [7, 11) is 1.55. The molecule has 1 aromatic heterocycles. The Bertz CT molecular complexity index is 1270. The number of ether oxygens (including phenoxy) is 2. The third-order valence-corrected chi connectivity index (χ3v) is 6.50. The monoisotopic (exact) mass is 529 g/mol. The summed E-state index contributed by atoms with van der Waals surface area (Å²) in [6.45, 7) is 3.96. The Balaban J connectivity index is 1.80. The topological polar surface area (TPSA) is 65.7 Å². The van der Waals surface area contributed by atoms with Crippen LogP contribution < -0.4 is 15.0 Å². The minimum Gasteiger partial charge on any atom is -0.493 e. The van der Waals surface area contributed by atoms with Gasteiger partial charge in [0.25, 0.3) is 5.56 Å². The maximum atomic E-state index is 13.4. The highest BCUT2D eigenvalue weighted by Gasteiger charge is 2.22. The van der Waals surface area contributed by atoms with Gasteiger partial charge in [0.15, 0.2) is 11.5 Å². The molecule has 1 aliphatic rings. The van der Waals surface area contributed by atoms with Crippen LogP contribution in [-0.2, 0) is 0 Å². The number of hydrogen-bond donors (Lipinski definition) is 0. The van der Waals surface area contributed by atoms with Crippen molar-refractivity contribution < 1.29 is 9.47 Å². The Kier molecular flexibility index (Phi) is 7.50. The predicted molar refractivity (Wildman–Crippen MR) is 136 cm³/mol. The third kappa shape index (κ3) is 5.14. The van der Waals surface area contributed by atoms with Crippen LogP contribution in [0.15, 0.2) is 57.4 Å². The molecule has 0 spiro atoms. The Morgan fingerprint density at radius 1 is 1.27 bits per heavy atom. The SMILES string of the molecule is C=CCOc1c(Cl)cc(C=Nn2c(C3CCCCC3)nc3ccc(Br)cc3c2=O)cc1OC. The van der Waals surface area contributed by atoms with Gasteiger partial charge in [-0.1, -0.05) is 59.4 Å². The number of halogens is 2. The van der Waals surface area contributed by atoms with Crippen LogP contribution in [-0.4, -0.2) is 29.6 Å². The second-order valence-corrected chi connectivity index (χ2v) is 9.28. The first-order valence-electron chi connectivity index (χ1n) is 10.9. The smallest absolute Gasteiger partial charge is 0.282 e. The van der Waals surface area contributed by atoms with E-state index in [1.807, 2.05) is 12.1 Å². The first-order valence-corrected chi connectivity index (χ1v) is 12.1. The van der Waals surface area contributed by atoms with Crippen molar-refractivity contribution in [2.24, 2.45) is 5.10 Å². The maximum absolute atomic E-state index is 13.4. The van der Waals surface area contributed by atoms with Gasteiger partial charge in [0, 0.05) is 10.4 Å². The molecular formula is C25H25BrClN3O3. The highest BCUT2D eigenvalue weighted by Crippen LogP contribution is 2.36. The molecule has 0 N–H and O–H groups in total. The molecule has 4 rings (SSSR count). The van der Waals surface area contributed by atoms with Crippen LogP contribution in [0.25, 0.3) is 10.9 Å². The summed E-state index contributed by atoms with van der Waals surface area (Å²) >= 11 is 9.87. The van der Waals surface area contributed by atoms with Gasteiger partial charge in [-0.05, 0) is 48.7 Å². The summed E-state index contributed by atoms with van der Waals surface area (Å²) in [6, 6.07) is 9.05. The van der Waals surface area contributed by atoms with Crippen molar-refractivity contribution >= 4 is 44.6 Å². The van der Waals surface area contributed by atoms with Gasteiger partial charge in [-0.25, -0.2) is 4.98 Å². The number of benzene rings is 2. The van der Waals surface area contributed by atoms with Gasteiger partial charge in [0.05, 0.1) is 29.2 Å². The van der Waals surface area contributed by atoms with E-state index in [4.69, 9.17) is 26.1 Å². The Labute approximate surface area is 206 Å². The van der Waals surface area contributed by atoms with Gasteiger partial charge < -0.3 is 9.47 Å². The molecule has 0 radical (unpaired) electrons. The summed E-state index contributed by atoms with van der Waals surface area (Å²) in [6.07, 6.45) is 8.70. The highest BCUT2D eigenvalue weighted by molar-refractivity contribution is 9.10. The van der Waals surface area contributed by atoms with Crippen LogP contribution in [0.1, 0.15) is 49.4 Å². The molecule has 1 aliphatic carbocycles. The van der Waals surface area contributed by atoms with E-state index < -0.39 is 0 Å². The summed E-state index contributed by atoms with van der Waals surface area (Å²) in [5.74, 6) is 1.82. The molecule has 33 heavy (non-hydrogen) atoms. The maximum Gasteiger partial charge on any atom is 0.282 e. The first-order chi connectivity index (χ1) is 16.0. The van der Waals surface area contributed by atoms with Gasteiger partial charge in [0.1, 0.15) is 12.4 Å². The van der Waals surface area contributed by atoms with Crippen molar-refractivity contribution in [1.82, 2.24) is 9.66 Å². The molecule has 172 valence electrons. The fraction of sp³-hybridized carbons (Fsp3) is 0.320. The summed E-state index contributed by atoms with van der Waals surface area (Å²) < 4.78 is 13.3. The fourth-order valence-electron chi connectivity index (χ4n) is 4.12. The summed E-state index contributed by atoms with van der Waals surface area (Å²) in [5.41, 5.74) is 1.17. The molecule has 3 aromatic rings. The zero-order valence-corrected chi connectivity index (χ0v) is 20.7. The van der Waals surface area contributed by atoms with Crippen LogP contribution in [0.5, 0.6) is 11.5 Å². The molecule has 1 saturated carbocycles. The molecule has 1 fully saturated rings. The average molecular weight is 531 g/mol. The van der Waals surface area contributed by atoms with E-state index in [0.29, 0.717) is 45.4 Å². The molecule has 1 heterocycles. The number of rotatable bonds is 7. The minimum atomic E-state index is -0.192. The lowest BCUT2D eigenvalue weighted by Crippen LogP contribution is -2.25. The van der Waals surface area contributed by atoms with Gasteiger partial charge in [-0.2, -0.15) is 9.78 Å². The molecular weight excluding hydrogens is 506 g/mol. The number of methoxy groups -OCH3 is 1. The molecule has 0 atom stereocenters. The van der Waals surface area contributed by atoms with Gasteiger partial charge in [-0.15, -0.1) is 0 Å². The quantitative estimate of drug-likeness (QED) is 0.265. The standard InChI is InChI=1S/C25H25BrClN3O3/c1-3-11-33-23-20(27)12-16(13-22(23)32-2)15-28-30-24(17-7-5-4-6-8-17)29-21-10-9-18(26)14-19(21)25(30)31/h3,9-10,12-15,17H,1,4-8,11H2,2H3. The largest absolute Gasteiger partial charge is 0.493 e. The molecule has 0 amide bonds. The van der Waals surface area contributed by atoms with E-state index in [1.54, 1.807) is 37.6 Å². The van der Waals surface area contributed by atoms with Crippen LogP contribution in [0.2, 0.25) is 5.02 Å². The second kappa shape index (κ2) is 10.5. The van der Waals surface area contributed by atoms with Crippen molar-refractivity contribution in [3.05, 3.63) is 74.2 Å². The molecule has 6 nitrogen and oxygen atoms in total. The van der Waals surface area contributed by atoms with Crippen molar-refractivity contribution in [2.45, 2.75) is 38.0 Å².